The zero-order valence-corrected chi connectivity index (χ0v) is 11.6. The smallest absolute Gasteiger partial charge is 0.115 e. The molecule has 102 valence electrons. The van der Waals surface area contributed by atoms with Crippen LogP contribution in [0.25, 0.3) is 0 Å². The van der Waals surface area contributed by atoms with Crippen LogP contribution >= 0.6 is 0 Å². The maximum Gasteiger partial charge on any atom is 0.115 e. The molecule has 3 rings (SSSR count). The Morgan fingerprint density at radius 3 is 3.16 bits per heavy atom. The largest absolute Gasteiger partial charge is 0.497 e. The number of nitrogens with one attached hydrogen (secondary N) is 1. The van der Waals surface area contributed by atoms with Crippen LogP contribution in [0.1, 0.15) is 32.1 Å². The van der Waals surface area contributed by atoms with Crippen molar-refractivity contribution in [1.29, 1.82) is 0 Å². The van der Waals surface area contributed by atoms with E-state index in [1.54, 1.807) is 12.7 Å². The molecule has 0 spiro atoms. The first-order chi connectivity index (χ1) is 9.36. The van der Waals surface area contributed by atoms with Crippen LogP contribution in [0.15, 0.2) is 40.1 Å². The first kappa shape index (κ1) is 12.5. The van der Waals surface area contributed by atoms with Crippen molar-refractivity contribution in [3.05, 3.63) is 35.1 Å². The summed E-state index contributed by atoms with van der Waals surface area (Å²) >= 11 is 0. The standard InChI is InChI=1S/C16H22N2O/c1-19-14-6-5-12-3-2-4-13(15(12)8-7-14)11-16-17-9-10-18-16/h6-8,13H,2-5,9-11H2,1H3,(H,17,18). The molecule has 19 heavy (non-hydrogen) atoms. The summed E-state index contributed by atoms with van der Waals surface area (Å²) in [6, 6.07) is 0. The summed E-state index contributed by atoms with van der Waals surface area (Å²) in [4.78, 5) is 4.54. The highest BCUT2D eigenvalue weighted by molar-refractivity contribution is 5.84. The Labute approximate surface area is 115 Å². The highest BCUT2D eigenvalue weighted by atomic mass is 16.5. The van der Waals surface area contributed by atoms with Crippen LogP contribution < -0.4 is 5.32 Å². The maximum absolute atomic E-state index is 5.36. The minimum absolute atomic E-state index is 0.633. The van der Waals surface area contributed by atoms with Gasteiger partial charge < -0.3 is 10.1 Å². The summed E-state index contributed by atoms with van der Waals surface area (Å²) in [5, 5.41) is 3.40. The Hall–Kier alpha value is -1.51. The summed E-state index contributed by atoms with van der Waals surface area (Å²) in [5.41, 5.74) is 3.13. The highest BCUT2D eigenvalue weighted by Gasteiger charge is 2.24. The van der Waals surface area contributed by atoms with E-state index in [0.29, 0.717) is 5.92 Å². The molecule has 0 aromatic carbocycles. The molecule has 1 atom stereocenters. The molecule has 3 heteroatoms. The van der Waals surface area contributed by atoms with E-state index in [1.807, 2.05) is 0 Å². The maximum atomic E-state index is 5.36. The average molecular weight is 258 g/mol. The van der Waals surface area contributed by atoms with E-state index in [-0.39, 0.29) is 0 Å². The number of ether oxygens (including phenoxy) is 1. The number of aliphatic imine (C=N–C) groups is 1. The van der Waals surface area contributed by atoms with Crippen molar-refractivity contribution in [2.45, 2.75) is 32.1 Å². The molecule has 1 aliphatic heterocycles. The SMILES string of the molecule is COC1=CCC2=C(C=C1)C(CC1=NCCN1)CCC2. The molecule has 0 aromatic rings. The van der Waals surface area contributed by atoms with E-state index < -0.39 is 0 Å². The minimum atomic E-state index is 0.633. The predicted molar refractivity (Wildman–Crippen MR) is 78.1 cm³/mol. The number of methoxy groups -OCH3 is 1. The van der Waals surface area contributed by atoms with Crippen molar-refractivity contribution < 1.29 is 4.74 Å². The predicted octanol–water partition coefficient (Wildman–Crippen LogP) is 2.97. The number of hydrogen-bond acceptors (Lipinski definition) is 3. The van der Waals surface area contributed by atoms with Gasteiger partial charge >= 0.3 is 0 Å². The van der Waals surface area contributed by atoms with Crippen molar-refractivity contribution in [3.8, 4) is 0 Å². The number of nitrogens with zero attached hydrogens (tertiary/aromatic N) is 1. The second-order valence-electron chi connectivity index (χ2n) is 5.46. The molecule has 0 fully saturated rings. The third-order valence-corrected chi connectivity index (χ3v) is 4.27. The molecule has 0 aromatic heterocycles. The fourth-order valence-electron chi connectivity index (χ4n) is 3.27. The lowest BCUT2D eigenvalue weighted by molar-refractivity contribution is 0.305. The molecule has 0 radical (unpaired) electrons. The molecule has 0 saturated carbocycles. The van der Waals surface area contributed by atoms with Crippen molar-refractivity contribution in [2.24, 2.45) is 10.9 Å². The van der Waals surface area contributed by atoms with Gasteiger partial charge in [-0.15, -0.1) is 0 Å². The number of hydrogen-bond donors (Lipinski definition) is 1. The van der Waals surface area contributed by atoms with E-state index in [2.05, 4.69) is 28.5 Å². The van der Waals surface area contributed by atoms with Gasteiger partial charge in [0.05, 0.1) is 19.5 Å². The molecule has 2 aliphatic carbocycles. The first-order valence-electron chi connectivity index (χ1n) is 7.28. The van der Waals surface area contributed by atoms with E-state index >= 15 is 0 Å². The van der Waals surface area contributed by atoms with Crippen molar-refractivity contribution in [3.63, 3.8) is 0 Å². The zero-order valence-electron chi connectivity index (χ0n) is 11.6. The molecule has 1 heterocycles. The third-order valence-electron chi connectivity index (χ3n) is 4.27. The summed E-state index contributed by atoms with van der Waals surface area (Å²) in [6.45, 7) is 1.96. The molecule has 0 amide bonds. The van der Waals surface area contributed by atoms with Crippen LogP contribution in [0.3, 0.4) is 0 Å². The van der Waals surface area contributed by atoms with Crippen molar-refractivity contribution in [1.82, 2.24) is 5.32 Å². The van der Waals surface area contributed by atoms with Crippen LogP contribution in [0, 0.1) is 5.92 Å². The quantitative estimate of drug-likeness (QED) is 0.844. The Kier molecular flexibility index (Phi) is 3.72. The van der Waals surface area contributed by atoms with E-state index in [4.69, 9.17) is 4.74 Å². The van der Waals surface area contributed by atoms with Gasteiger partial charge in [-0.1, -0.05) is 11.6 Å². The van der Waals surface area contributed by atoms with Gasteiger partial charge in [0, 0.05) is 13.0 Å². The van der Waals surface area contributed by atoms with Crippen LogP contribution in [0.4, 0.5) is 0 Å². The highest BCUT2D eigenvalue weighted by Crippen LogP contribution is 2.36. The number of amidine groups is 1. The molecule has 3 nitrogen and oxygen atoms in total. The fraction of sp³-hybridized carbons (Fsp3) is 0.562. The second kappa shape index (κ2) is 5.64. The second-order valence-corrected chi connectivity index (χ2v) is 5.46. The van der Waals surface area contributed by atoms with Crippen molar-refractivity contribution in [2.75, 3.05) is 20.2 Å². The van der Waals surface area contributed by atoms with Crippen LogP contribution in [-0.2, 0) is 4.74 Å². The van der Waals surface area contributed by atoms with E-state index in [9.17, 15) is 0 Å². The molecular formula is C16H22N2O. The molecule has 1 N–H and O–H groups in total. The van der Waals surface area contributed by atoms with Crippen molar-refractivity contribution >= 4 is 5.84 Å². The number of allylic oxidation sites excluding steroid dienone is 5. The van der Waals surface area contributed by atoms with Crippen LogP contribution in [0.5, 0.6) is 0 Å². The topological polar surface area (TPSA) is 33.6 Å². The van der Waals surface area contributed by atoms with Gasteiger partial charge in [0.25, 0.3) is 0 Å². The van der Waals surface area contributed by atoms with Gasteiger partial charge in [0.1, 0.15) is 5.76 Å². The summed E-state index contributed by atoms with van der Waals surface area (Å²) in [7, 11) is 1.75. The minimum Gasteiger partial charge on any atom is -0.497 e. The molecule has 3 aliphatic rings. The number of rotatable bonds is 3. The molecule has 1 unspecified atom stereocenters. The fourth-order valence-corrected chi connectivity index (χ4v) is 3.27. The van der Waals surface area contributed by atoms with Gasteiger partial charge in [-0.2, -0.15) is 0 Å². The first-order valence-corrected chi connectivity index (χ1v) is 7.28. The Bertz CT molecular complexity index is 471. The third kappa shape index (κ3) is 2.75. The Morgan fingerprint density at radius 1 is 1.42 bits per heavy atom. The van der Waals surface area contributed by atoms with Gasteiger partial charge in [-0.3, -0.25) is 4.99 Å². The van der Waals surface area contributed by atoms with Gasteiger partial charge in [-0.05, 0) is 49.3 Å². The summed E-state index contributed by atoms with van der Waals surface area (Å²) in [6.07, 6.45) is 12.5. The normalized spacial score (nSPS) is 26.3. The van der Waals surface area contributed by atoms with E-state index in [1.165, 1.54) is 30.7 Å². The lowest BCUT2D eigenvalue weighted by Gasteiger charge is -2.26. The summed E-state index contributed by atoms with van der Waals surface area (Å²) < 4.78 is 5.36. The Balaban J connectivity index is 1.78. The zero-order chi connectivity index (χ0) is 13.1. The Morgan fingerprint density at radius 2 is 2.37 bits per heavy atom. The average Bonchev–Trinajstić information content (AvgIpc) is 2.84. The van der Waals surface area contributed by atoms with E-state index in [0.717, 1.165) is 31.7 Å². The van der Waals surface area contributed by atoms with Gasteiger partial charge in [0.15, 0.2) is 0 Å². The van der Waals surface area contributed by atoms with Crippen LogP contribution in [-0.4, -0.2) is 26.0 Å². The van der Waals surface area contributed by atoms with Gasteiger partial charge in [0.2, 0.25) is 0 Å². The molecule has 0 bridgehead atoms. The molecule has 0 saturated heterocycles. The van der Waals surface area contributed by atoms with Crippen LogP contribution in [0.2, 0.25) is 0 Å². The lowest BCUT2D eigenvalue weighted by Crippen LogP contribution is -2.23. The van der Waals surface area contributed by atoms with Gasteiger partial charge in [-0.25, -0.2) is 0 Å². The summed E-state index contributed by atoms with van der Waals surface area (Å²) in [5.74, 6) is 2.83. The lowest BCUT2D eigenvalue weighted by atomic mass is 9.80. The monoisotopic (exact) mass is 258 g/mol. The molecular weight excluding hydrogens is 236 g/mol.